The molecule has 6 nitrogen and oxygen atoms in total. The smallest absolute Gasteiger partial charge is 0.310 e. The van der Waals surface area contributed by atoms with E-state index in [4.69, 9.17) is 14.2 Å². The van der Waals surface area contributed by atoms with Gasteiger partial charge in [-0.1, -0.05) is 34.1 Å². The van der Waals surface area contributed by atoms with Crippen LogP contribution in [-0.2, 0) is 20.7 Å². The van der Waals surface area contributed by atoms with E-state index in [0.717, 1.165) is 4.47 Å². The van der Waals surface area contributed by atoms with Gasteiger partial charge in [0.1, 0.15) is 12.4 Å². The molecule has 0 aliphatic carbocycles. The Hall–Kier alpha value is -2.38. The Morgan fingerprint density at radius 1 is 1.08 bits per heavy atom. The Morgan fingerprint density at radius 3 is 2.58 bits per heavy atom. The fraction of sp³-hybridized carbons (Fsp3) is 0.263. The molecule has 2 aromatic carbocycles. The number of rotatable bonds is 8. The third-order valence-corrected chi connectivity index (χ3v) is 3.98. The highest BCUT2D eigenvalue weighted by Crippen LogP contribution is 2.23. The van der Waals surface area contributed by atoms with E-state index < -0.39 is 0 Å². The zero-order chi connectivity index (χ0) is 18.9. The van der Waals surface area contributed by atoms with Gasteiger partial charge in [0, 0.05) is 22.8 Å². The number of amides is 1. The molecule has 0 saturated heterocycles. The van der Waals surface area contributed by atoms with Gasteiger partial charge in [-0.15, -0.1) is 0 Å². The largest absolute Gasteiger partial charge is 0.491 e. The molecule has 1 N–H and O–H groups in total. The summed E-state index contributed by atoms with van der Waals surface area (Å²) in [5, 5.41) is 2.83. The number of ether oxygens (including phenoxy) is 3. The van der Waals surface area contributed by atoms with Gasteiger partial charge < -0.3 is 19.5 Å². The predicted octanol–water partition coefficient (Wildman–Crippen LogP) is 3.44. The summed E-state index contributed by atoms with van der Waals surface area (Å²) in [4.78, 5) is 24.2. The van der Waals surface area contributed by atoms with Gasteiger partial charge in [0.05, 0.1) is 20.1 Å². The molecule has 2 aromatic rings. The maximum Gasteiger partial charge on any atom is 0.310 e. The first kappa shape index (κ1) is 19.9. The molecule has 0 bridgehead atoms. The molecule has 7 heteroatoms. The molecule has 0 saturated carbocycles. The molecule has 138 valence electrons. The van der Waals surface area contributed by atoms with Crippen molar-refractivity contribution in [1.29, 1.82) is 0 Å². The van der Waals surface area contributed by atoms with Crippen molar-refractivity contribution in [2.75, 3.05) is 32.8 Å². The fourth-order valence-corrected chi connectivity index (χ4v) is 2.71. The van der Waals surface area contributed by atoms with Crippen LogP contribution in [0.5, 0.6) is 5.75 Å². The number of carbonyl (C=O) groups is 2. The van der Waals surface area contributed by atoms with E-state index in [1.165, 1.54) is 7.11 Å². The van der Waals surface area contributed by atoms with Crippen molar-refractivity contribution in [2.24, 2.45) is 0 Å². The van der Waals surface area contributed by atoms with Crippen LogP contribution in [0.2, 0.25) is 0 Å². The lowest BCUT2D eigenvalue weighted by Gasteiger charge is -2.12. The van der Waals surface area contributed by atoms with Crippen LogP contribution >= 0.6 is 15.9 Å². The molecule has 0 heterocycles. The van der Waals surface area contributed by atoms with Gasteiger partial charge in [-0.3, -0.25) is 9.59 Å². The third-order valence-electron chi connectivity index (χ3n) is 3.52. The second-order valence-electron chi connectivity index (χ2n) is 5.38. The summed E-state index contributed by atoms with van der Waals surface area (Å²) in [5.74, 6) is -0.118. The van der Waals surface area contributed by atoms with Gasteiger partial charge in [-0.05, 0) is 29.8 Å². The number of hydrogen-bond donors (Lipinski definition) is 1. The van der Waals surface area contributed by atoms with Gasteiger partial charge >= 0.3 is 5.97 Å². The average Bonchev–Trinajstić information content (AvgIpc) is 2.63. The predicted molar refractivity (Wildman–Crippen MR) is 102 cm³/mol. The molecule has 0 aliphatic heterocycles. The molecule has 0 aromatic heterocycles. The number of benzene rings is 2. The summed E-state index contributed by atoms with van der Waals surface area (Å²) < 4.78 is 15.9. The first-order valence-corrected chi connectivity index (χ1v) is 8.71. The van der Waals surface area contributed by atoms with Crippen molar-refractivity contribution in [3.63, 3.8) is 0 Å². The topological polar surface area (TPSA) is 73.9 Å². The second kappa shape index (κ2) is 9.94. The molecule has 0 spiro atoms. The summed E-state index contributed by atoms with van der Waals surface area (Å²) >= 11 is 3.38. The average molecular weight is 422 g/mol. The lowest BCUT2D eigenvalue weighted by Crippen LogP contribution is -2.15. The minimum absolute atomic E-state index is 0.0802. The van der Waals surface area contributed by atoms with Crippen LogP contribution in [-0.4, -0.2) is 39.3 Å². The van der Waals surface area contributed by atoms with Gasteiger partial charge in [-0.25, -0.2) is 0 Å². The van der Waals surface area contributed by atoms with Crippen molar-refractivity contribution in [1.82, 2.24) is 0 Å². The Kier molecular flexibility index (Phi) is 7.62. The summed E-state index contributed by atoms with van der Waals surface area (Å²) in [6, 6.07) is 12.2. The van der Waals surface area contributed by atoms with Crippen molar-refractivity contribution in [3.05, 3.63) is 58.1 Å². The Bertz CT molecular complexity index is 778. The summed E-state index contributed by atoms with van der Waals surface area (Å²) in [7, 11) is 2.92. The first-order chi connectivity index (χ1) is 12.5. The van der Waals surface area contributed by atoms with E-state index in [9.17, 15) is 9.59 Å². The van der Waals surface area contributed by atoms with Crippen LogP contribution in [0.1, 0.15) is 15.9 Å². The Labute approximate surface area is 160 Å². The van der Waals surface area contributed by atoms with Crippen molar-refractivity contribution in [3.8, 4) is 5.75 Å². The van der Waals surface area contributed by atoms with E-state index in [-0.39, 0.29) is 18.3 Å². The van der Waals surface area contributed by atoms with Crippen LogP contribution in [0.25, 0.3) is 0 Å². The van der Waals surface area contributed by atoms with Gasteiger partial charge in [-0.2, -0.15) is 0 Å². The SMILES string of the molecule is COCCOc1cc(Br)cc(C(=O)Nc2ccccc2CC(=O)OC)c1. The monoisotopic (exact) mass is 421 g/mol. The molecule has 1 amide bonds. The van der Waals surface area contributed by atoms with E-state index in [1.807, 2.05) is 0 Å². The Morgan fingerprint density at radius 2 is 1.85 bits per heavy atom. The van der Waals surface area contributed by atoms with Crippen LogP contribution in [0.4, 0.5) is 5.69 Å². The fourth-order valence-electron chi connectivity index (χ4n) is 2.24. The van der Waals surface area contributed by atoms with E-state index >= 15 is 0 Å². The van der Waals surface area contributed by atoms with Gasteiger partial charge in [0.15, 0.2) is 0 Å². The van der Waals surface area contributed by atoms with Crippen LogP contribution < -0.4 is 10.1 Å². The molecule has 26 heavy (non-hydrogen) atoms. The molecule has 0 atom stereocenters. The highest BCUT2D eigenvalue weighted by molar-refractivity contribution is 9.10. The third kappa shape index (κ3) is 5.86. The maximum atomic E-state index is 12.6. The number of para-hydroxylation sites is 1. The summed E-state index contributed by atoms with van der Waals surface area (Å²) in [6.07, 6.45) is 0.0802. The highest BCUT2D eigenvalue weighted by atomic mass is 79.9. The van der Waals surface area contributed by atoms with Crippen molar-refractivity contribution >= 4 is 33.5 Å². The van der Waals surface area contributed by atoms with E-state index in [0.29, 0.717) is 35.8 Å². The quantitative estimate of drug-likeness (QED) is 0.521. The number of nitrogens with one attached hydrogen (secondary N) is 1. The first-order valence-electron chi connectivity index (χ1n) is 7.92. The molecule has 0 unspecified atom stereocenters. The minimum atomic E-state index is -0.372. The number of esters is 1. The standard InChI is InChI=1S/C19H20BrNO5/c1-24-7-8-26-16-10-14(9-15(20)12-16)19(23)21-17-6-4-3-5-13(17)11-18(22)25-2/h3-6,9-10,12H,7-8,11H2,1-2H3,(H,21,23). The minimum Gasteiger partial charge on any atom is -0.491 e. The number of hydrogen-bond acceptors (Lipinski definition) is 5. The van der Waals surface area contributed by atoms with Crippen molar-refractivity contribution in [2.45, 2.75) is 6.42 Å². The molecule has 0 aliphatic rings. The zero-order valence-electron chi connectivity index (χ0n) is 14.6. The molecular formula is C19H20BrNO5. The number of carbonyl (C=O) groups excluding carboxylic acids is 2. The number of methoxy groups -OCH3 is 2. The summed E-state index contributed by atoms with van der Waals surface area (Å²) in [5.41, 5.74) is 1.67. The summed E-state index contributed by atoms with van der Waals surface area (Å²) in [6.45, 7) is 0.838. The normalized spacial score (nSPS) is 10.3. The van der Waals surface area contributed by atoms with Crippen LogP contribution in [0, 0.1) is 0 Å². The Balaban J connectivity index is 2.16. The lowest BCUT2D eigenvalue weighted by molar-refractivity contribution is -0.139. The highest BCUT2D eigenvalue weighted by Gasteiger charge is 2.13. The van der Waals surface area contributed by atoms with Gasteiger partial charge in [0.2, 0.25) is 0 Å². The van der Waals surface area contributed by atoms with Crippen LogP contribution in [0.3, 0.4) is 0 Å². The number of anilines is 1. The van der Waals surface area contributed by atoms with Crippen molar-refractivity contribution < 1.29 is 23.8 Å². The van der Waals surface area contributed by atoms with Crippen LogP contribution in [0.15, 0.2) is 46.9 Å². The maximum absolute atomic E-state index is 12.6. The zero-order valence-corrected chi connectivity index (χ0v) is 16.2. The second-order valence-corrected chi connectivity index (χ2v) is 6.30. The molecule has 0 radical (unpaired) electrons. The lowest BCUT2D eigenvalue weighted by atomic mass is 10.1. The van der Waals surface area contributed by atoms with E-state index in [2.05, 4.69) is 21.2 Å². The molecule has 0 fully saturated rings. The van der Waals surface area contributed by atoms with E-state index in [1.54, 1.807) is 49.6 Å². The molecule has 2 rings (SSSR count). The molecular weight excluding hydrogens is 402 g/mol. The number of halogens is 1. The van der Waals surface area contributed by atoms with Gasteiger partial charge in [0.25, 0.3) is 5.91 Å².